The third-order valence-corrected chi connectivity index (χ3v) is 2.81. The van der Waals surface area contributed by atoms with Gasteiger partial charge in [0, 0.05) is 5.69 Å². The van der Waals surface area contributed by atoms with Gasteiger partial charge in [0.2, 0.25) is 0 Å². The summed E-state index contributed by atoms with van der Waals surface area (Å²) in [5.41, 5.74) is 3.04. The van der Waals surface area contributed by atoms with Gasteiger partial charge in [-0.15, -0.1) is 0 Å². The van der Waals surface area contributed by atoms with E-state index in [9.17, 15) is 0 Å². The van der Waals surface area contributed by atoms with Gasteiger partial charge >= 0.3 is 0 Å². The molecule has 1 N–H and O–H groups in total. The molecule has 17 heavy (non-hydrogen) atoms. The molecule has 0 saturated heterocycles. The van der Waals surface area contributed by atoms with E-state index in [0.717, 1.165) is 27.7 Å². The van der Waals surface area contributed by atoms with Gasteiger partial charge in [-0.2, -0.15) is 0 Å². The van der Waals surface area contributed by atoms with E-state index in [1.807, 2.05) is 49.4 Å². The summed E-state index contributed by atoms with van der Waals surface area (Å²) in [7, 11) is 1.65. The van der Waals surface area contributed by atoms with Crippen LogP contribution in [0.3, 0.4) is 0 Å². The topological polar surface area (TPSA) is 21.3 Å². The number of ether oxygens (including phenoxy) is 1. The highest BCUT2D eigenvalue weighted by Gasteiger charge is 2.01. The molecule has 0 aliphatic carbocycles. The van der Waals surface area contributed by atoms with Crippen LogP contribution in [0.4, 0.5) is 11.4 Å². The van der Waals surface area contributed by atoms with Gasteiger partial charge in [0.25, 0.3) is 0 Å². The Kier molecular flexibility index (Phi) is 3.55. The van der Waals surface area contributed by atoms with E-state index in [1.165, 1.54) is 0 Å². The fraction of sp³-hybridized carbons (Fsp3) is 0.143. The van der Waals surface area contributed by atoms with Gasteiger partial charge in [-0.25, -0.2) is 0 Å². The Morgan fingerprint density at radius 1 is 1.06 bits per heavy atom. The highest BCUT2D eigenvalue weighted by atomic mass is 35.5. The van der Waals surface area contributed by atoms with Gasteiger partial charge in [-0.3, -0.25) is 0 Å². The maximum atomic E-state index is 6.15. The zero-order valence-electron chi connectivity index (χ0n) is 9.83. The third-order valence-electron chi connectivity index (χ3n) is 2.49. The summed E-state index contributed by atoms with van der Waals surface area (Å²) >= 11 is 6.15. The zero-order valence-corrected chi connectivity index (χ0v) is 10.6. The van der Waals surface area contributed by atoms with Crippen LogP contribution in [0.2, 0.25) is 5.02 Å². The molecule has 0 aliphatic heterocycles. The number of nitrogens with one attached hydrogen (secondary N) is 1. The van der Waals surface area contributed by atoms with Crippen LogP contribution in [0.15, 0.2) is 42.5 Å². The summed E-state index contributed by atoms with van der Waals surface area (Å²) in [6.45, 7) is 2.02. The Bertz CT molecular complexity index is 508. The number of benzene rings is 2. The van der Waals surface area contributed by atoms with Crippen LogP contribution in [0.1, 0.15) is 5.56 Å². The number of methoxy groups -OCH3 is 1. The molecule has 2 rings (SSSR count). The molecule has 0 spiro atoms. The second-order valence-electron chi connectivity index (χ2n) is 3.84. The minimum Gasteiger partial charge on any atom is -0.497 e. The highest BCUT2D eigenvalue weighted by molar-refractivity contribution is 6.33. The Morgan fingerprint density at radius 3 is 2.35 bits per heavy atom. The largest absolute Gasteiger partial charge is 0.497 e. The van der Waals surface area contributed by atoms with Crippen LogP contribution in [0.5, 0.6) is 5.75 Å². The SMILES string of the molecule is COc1ccc(Nc2ccc(C)cc2Cl)cc1. The quantitative estimate of drug-likeness (QED) is 0.868. The number of rotatable bonds is 3. The van der Waals surface area contributed by atoms with E-state index < -0.39 is 0 Å². The second kappa shape index (κ2) is 5.11. The van der Waals surface area contributed by atoms with Crippen LogP contribution < -0.4 is 10.1 Å². The molecule has 2 aromatic rings. The average Bonchev–Trinajstić information content (AvgIpc) is 2.34. The van der Waals surface area contributed by atoms with E-state index in [2.05, 4.69) is 5.32 Å². The van der Waals surface area contributed by atoms with Crippen molar-refractivity contribution in [2.24, 2.45) is 0 Å². The van der Waals surface area contributed by atoms with Crippen molar-refractivity contribution in [2.45, 2.75) is 6.92 Å². The van der Waals surface area contributed by atoms with Crippen LogP contribution in [-0.4, -0.2) is 7.11 Å². The lowest BCUT2D eigenvalue weighted by Crippen LogP contribution is -1.91. The summed E-state index contributed by atoms with van der Waals surface area (Å²) in [6, 6.07) is 13.7. The summed E-state index contributed by atoms with van der Waals surface area (Å²) in [5, 5.41) is 3.99. The fourth-order valence-electron chi connectivity index (χ4n) is 1.55. The summed E-state index contributed by atoms with van der Waals surface area (Å²) in [4.78, 5) is 0. The van der Waals surface area contributed by atoms with Crippen LogP contribution >= 0.6 is 11.6 Å². The zero-order chi connectivity index (χ0) is 12.3. The summed E-state index contributed by atoms with van der Waals surface area (Å²) in [6.07, 6.45) is 0. The Hall–Kier alpha value is -1.67. The fourth-order valence-corrected chi connectivity index (χ4v) is 1.83. The van der Waals surface area contributed by atoms with Gasteiger partial charge in [0.1, 0.15) is 5.75 Å². The molecule has 0 aliphatic rings. The Balaban J connectivity index is 2.19. The van der Waals surface area contributed by atoms with Crippen LogP contribution in [-0.2, 0) is 0 Å². The van der Waals surface area contributed by atoms with Gasteiger partial charge in [0.15, 0.2) is 0 Å². The van der Waals surface area contributed by atoms with E-state index >= 15 is 0 Å². The minimum atomic E-state index is 0.723. The van der Waals surface area contributed by atoms with E-state index in [4.69, 9.17) is 16.3 Å². The number of anilines is 2. The number of hydrogen-bond donors (Lipinski definition) is 1. The Labute approximate surface area is 106 Å². The minimum absolute atomic E-state index is 0.723. The normalized spacial score (nSPS) is 10.1. The van der Waals surface area contributed by atoms with E-state index in [0.29, 0.717) is 0 Å². The van der Waals surface area contributed by atoms with Crippen molar-refractivity contribution in [2.75, 3.05) is 12.4 Å². The molecule has 3 heteroatoms. The molecule has 0 fully saturated rings. The van der Waals surface area contributed by atoms with Gasteiger partial charge < -0.3 is 10.1 Å². The molecule has 88 valence electrons. The molecule has 0 amide bonds. The standard InChI is InChI=1S/C14H14ClNO/c1-10-3-8-14(13(15)9-10)16-11-4-6-12(17-2)7-5-11/h3-9,16H,1-2H3. The Morgan fingerprint density at radius 2 is 1.76 bits per heavy atom. The molecule has 0 bridgehead atoms. The predicted octanol–water partition coefficient (Wildman–Crippen LogP) is 4.40. The molecule has 0 aromatic heterocycles. The second-order valence-corrected chi connectivity index (χ2v) is 4.24. The van der Waals surface area contributed by atoms with Crippen molar-refractivity contribution in [1.82, 2.24) is 0 Å². The molecule has 0 radical (unpaired) electrons. The molecule has 0 unspecified atom stereocenters. The monoisotopic (exact) mass is 247 g/mol. The first-order chi connectivity index (χ1) is 8.19. The lowest BCUT2D eigenvalue weighted by Gasteiger charge is -2.09. The van der Waals surface area contributed by atoms with Crippen LogP contribution in [0, 0.1) is 6.92 Å². The lowest BCUT2D eigenvalue weighted by molar-refractivity contribution is 0.415. The lowest BCUT2D eigenvalue weighted by atomic mass is 10.2. The number of aryl methyl sites for hydroxylation is 1. The van der Waals surface area contributed by atoms with Crippen molar-refractivity contribution >= 4 is 23.0 Å². The van der Waals surface area contributed by atoms with Crippen molar-refractivity contribution < 1.29 is 4.74 Å². The van der Waals surface area contributed by atoms with E-state index in [-0.39, 0.29) is 0 Å². The van der Waals surface area contributed by atoms with Crippen molar-refractivity contribution in [3.63, 3.8) is 0 Å². The first-order valence-corrected chi connectivity index (χ1v) is 5.74. The number of halogens is 1. The molecular formula is C14H14ClNO. The van der Waals surface area contributed by atoms with Crippen molar-refractivity contribution in [3.05, 3.63) is 53.1 Å². The smallest absolute Gasteiger partial charge is 0.119 e. The van der Waals surface area contributed by atoms with Gasteiger partial charge in [-0.05, 0) is 48.9 Å². The average molecular weight is 248 g/mol. The summed E-state index contributed by atoms with van der Waals surface area (Å²) in [5.74, 6) is 0.838. The first-order valence-electron chi connectivity index (χ1n) is 5.36. The molecular weight excluding hydrogens is 234 g/mol. The summed E-state index contributed by atoms with van der Waals surface area (Å²) < 4.78 is 5.10. The molecule has 2 nitrogen and oxygen atoms in total. The highest BCUT2D eigenvalue weighted by Crippen LogP contribution is 2.27. The maximum Gasteiger partial charge on any atom is 0.119 e. The maximum absolute atomic E-state index is 6.15. The molecule has 0 heterocycles. The van der Waals surface area contributed by atoms with E-state index in [1.54, 1.807) is 7.11 Å². The van der Waals surface area contributed by atoms with Gasteiger partial charge in [-0.1, -0.05) is 17.7 Å². The van der Waals surface area contributed by atoms with Crippen molar-refractivity contribution in [3.8, 4) is 5.75 Å². The van der Waals surface area contributed by atoms with Gasteiger partial charge in [0.05, 0.1) is 17.8 Å². The molecule has 0 atom stereocenters. The molecule has 0 saturated carbocycles. The van der Waals surface area contributed by atoms with Crippen molar-refractivity contribution in [1.29, 1.82) is 0 Å². The first kappa shape index (κ1) is 11.8. The predicted molar refractivity (Wildman–Crippen MR) is 72.5 cm³/mol. The number of hydrogen-bond acceptors (Lipinski definition) is 2. The molecule has 2 aromatic carbocycles. The third kappa shape index (κ3) is 2.92. The van der Waals surface area contributed by atoms with Crippen LogP contribution in [0.25, 0.3) is 0 Å².